The van der Waals surface area contributed by atoms with Gasteiger partial charge in [-0.05, 0) is 13.8 Å². The molecule has 0 unspecified atom stereocenters. The van der Waals surface area contributed by atoms with Gasteiger partial charge >= 0.3 is 0 Å². The molecule has 72 valence electrons. The summed E-state index contributed by atoms with van der Waals surface area (Å²) in [4.78, 5) is 13.5. The lowest BCUT2D eigenvalue weighted by Gasteiger charge is -2.25. The number of rotatable bonds is 2. The van der Waals surface area contributed by atoms with Gasteiger partial charge in [-0.3, -0.25) is 9.69 Å². The summed E-state index contributed by atoms with van der Waals surface area (Å²) in [5, 5.41) is 0. The van der Waals surface area contributed by atoms with E-state index in [-0.39, 0.29) is 5.91 Å². The monoisotopic (exact) mass is 215 g/mol. The Balaban J connectivity index is 2.78. The van der Waals surface area contributed by atoms with E-state index in [9.17, 15) is 4.79 Å². The second-order valence-corrected chi connectivity index (χ2v) is 5.23. The molecule has 4 heteroatoms. The fourth-order valence-electron chi connectivity index (χ4n) is 1.01. The largest absolute Gasteiger partial charge is 0.296 e. The van der Waals surface area contributed by atoms with Crippen LogP contribution in [0.3, 0.4) is 0 Å². The molecule has 0 atom stereocenters. The maximum atomic E-state index is 11.9. The van der Waals surface area contributed by atoms with Gasteiger partial charge in [0.15, 0.2) is 0 Å². The van der Waals surface area contributed by atoms with Crippen LogP contribution in [0, 0.1) is 5.41 Å². The van der Waals surface area contributed by atoms with Gasteiger partial charge in [0.2, 0.25) is 5.91 Å². The number of hydrogen-bond donors (Lipinski definition) is 0. The summed E-state index contributed by atoms with van der Waals surface area (Å²) >= 11 is 6.63. The van der Waals surface area contributed by atoms with Crippen LogP contribution >= 0.6 is 24.0 Å². The second-order valence-electron chi connectivity index (χ2n) is 3.50. The summed E-state index contributed by atoms with van der Waals surface area (Å²) < 4.78 is 0.694. The third-order valence-electron chi connectivity index (χ3n) is 2.07. The molecule has 1 heterocycles. The minimum atomic E-state index is -0.505. The summed E-state index contributed by atoms with van der Waals surface area (Å²) in [5.74, 6) is 0.968. The zero-order valence-corrected chi connectivity index (χ0v) is 9.50. The summed E-state index contributed by atoms with van der Waals surface area (Å²) in [5.41, 5.74) is -0.505. The van der Waals surface area contributed by atoms with Crippen molar-refractivity contribution in [3.63, 3.8) is 0 Å². The first kappa shape index (κ1) is 10.7. The number of nitrogens with zero attached hydrogens (tertiary/aromatic N) is 1. The number of hydrogen-bond acceptors (Lipinski definition) is 3. The quantitative estimate of drug-likeness (QED) is 0.519. The average Bonchev–Trinajstić information content (AvgIpc) is 2.50. The van der Waals surface area contributed by atoms with E-state index in [0.29, 0.717) is 4.32 Å². The summed E-state index contributed by atoms with van der Waals surface area (Å²) in [6, 6.07) is 0. The van der Waals surface area contributed by atoms with Crippen LogP contribution in [0.25, 0.3) is 0 Å². The first-order valence-corrected chi connectivity index (χ1v) is 5.51. The Hall–Kier alpha value is -0.350. The maximum absolute atomic E-state index is 11.9. The lowest BCUT2D eigenvalue weighted by atomic mass is 9.92. The van der Waals surface area contributed by atoms with Crippen LogP contribution in [0.2, 0.25) is 0 Å². The van der Waals surface area contributed by atoms with Gasteiger partial charge in [0.1, 0.15) is 4.32 Å². The predicted octanol–water partition coefficient (Wildman–Crippen LogP) is 2.06. The molecule has 0 N–H and O–H groups in total. The van der Waals surface area contributed by atoms with Crippen LogP contribution in [-0.2, 0) is 4.79 Å². The molecule has 1 aliphatic rings. The molecular weight excluding hydrogens is 202 g/mol. The van der Waals surface area contributed by atoms with E-state index in [2.05, 4.69) is 6.58 Å². The second kappa shape index (κ2) is 3.80. The minimum absolute atomic E-state index is 0.0532. The number of carbonyl (C=O) groups excluding carboxylic acids is 1. The molecule has 0 aromatic rings. The van der Waals surface area contributed by atoms with Gasteiger partial charge in [-0.25, -0.2) is 0 Å². The molecule has 0 saturated carbocycles. The molecule has 0 aromatic carbocycles. The number of thiocarbonyl (C=S) groups is 1. The molecule has 1 rings (SSSR count). The molecule has 2 nitrogen and oxygen atoms in total. The molecule has 0 aliphatic carbocycles. The lowest BCUT2D eigenvalue weighted by molar-refractivity contribution is -0.133. The summed E-state index contributed by atoms with van der Waals surface area (Å²) in [7, 11) is 0. The van der Waals surface area contributed by atoms with Crippen LogP contribution in [-0.4, -0.2) is 27.4 Å². The summed E-state index contributed by atoms with van der Waals surface area (Å²) in [6.45, 7) is 8.10. The van der Waals surface area contributed by atoms with Gasteiger partial charge < -0.3 is 0 Å². The summed E-state index contributed by atoms with van der Waals surface area (Å²) in [6.07, 6.45) is 1.67. The zero-order chi connectivity index (χ0) is 10.1. The molecule has 0 aromatic heterocycles. The highest BCUT2D eigenvalue weighted by atomic mass is 32.2. The lowest BCUT2D eigenvalue weighted by Crippen LogP contribution is -2.39. The Morgan fingerprint density at radius 1 is 1.77 bits per heavy atom. The van der Waals surface area contributed by atoms with Crippen LogP contribution in [0.15, 0.2) is 12.7 Å². The van der Waals surface area contributed by atoms with E-state index in [0.717, 1.165) is 12.3 Å². The Morgan fingerprint density at radius 2 is 2.38 bits per heavy atom. The van der Waals surface area contributed by atoms with E-state index >= 15 is 0 Å². The number of thioether (sulfide) groups is 1. The molecule has 13 heavy (non-hydrogen) atoms. The highest BCUT2D eigenvalue weighted by molar-refractivity contribution is 8.23. The first-order valence-electron chi connectivity index (χ1n) is 4.11. The Labute approximate surface area is 88.4 Å². The van der Waals surface area contributed by atoms with Crippen molar-refractivity contribution in [1.82, 2.24) is 4.90 Å². The normalized spacial score (nSPS) is 17.7. The van der Waals surface area contributed by atoms with Crippen molar-refractivity contribution in [2.24, 2.45) is 5.41 Å². The Bertz CT molecular complexity index is 260. The predicted molar refractivity (Wildman–Crippen MR) is 60.7 cm³/mol. The van der Waals surface area contributed by atoms with Crippen LogP contribution < -0.4 is 0 Å². The molecule has 0 bridgehead atoms. The van der Waals surface area contributed by atoms with Crippen molar-refractivity contribution >= 4 is 34.2 Å². The SMILES string of the molecule is C=CC(C)(C)C(=O)N1CCSC1=S. The number of amides is 1. The Morgan fingerprint density at radius 3 is 2.77 bits per heavy atom. The molecule has 1 aliphatic heterocycles. The highest BCUT2D eigenvalue weighted by Gasteiger charge is 2.33. The molecule has 1 fully saturated rings. The van der Waals surface area contributed by atoms with Gasteiger partial charge in [-0.2, -0.15) is 0 Å². The van der Waals surface area contributed by atoms with Crippen molar-refractivity contribution in [3.8, 4) is 0 Å². The van der Waals surface area contributed by atoms with Crippen LogP contribution in [0.1, 0.15) is 13.8 Å². The Kier molecular flexibility index (Phi) is 3.14. The van der Waals surface area contributed by atoms with Gasteiger partial charge in [-0.1, -0.05) is 30.1 Å². The molecular formula is C9H13NOS2. The van der Waals surface area contributed by atoms with E-state index in [1.165, 1.54) is 0 Å². The van der Waals surface area contributed by atoms with E-state index in [4.69, 9.17) is 12.2 Å². The van der Waals surface area contributed by atoms with Crippen molar-refractivity contribution in [2.75, 3.05) is 12.3 Å². The molecule has 1 amide bonds. The zero-order valence-electron chi connectivity index (χ0n) is 7.87. The molecule has 1 saturated heterocycles. The fourth-order valence-corrected chi connectivity index (χ4v) is 2.22. The van der Waals surface area contributed by atoms with Crippen molar-refractivity contribution in [1.29, 1.82) is 0 Å². The topological polar surface area (TPSA) is 20.3 Å². The van der Waals surface area contributed by atoms with Crippen molar-refractivity contribution in [2.45, 2.75) is 13.8 Å². The van der Waals surface area contributed by atoms with Gasteiger partial charge in [0, 0.05) is 12.3 Å². The van der Waals surface area contributed by atoms with E-state index in [1.807, 2.05) is 13.8 Å². The average molecular weight is 215 g/mol. The molecule has 0 radical (unpaired) electrons. The first-order chi connectivity index (χ1) is 5.99. The van der Waals surface area contributed by atoms with E-state index in [1.54, 1.807) is 22.7 Å². The molecule has 0 spiro atoms. The van der Waals surface area contributed by atoms with Gasteiger partial charge in [0.05, 0.1) is 5.41 Å². The van der Waals surface area contributed by atoms with Crippen molar-refractivity contribution in [3.05, 3.63) is 12.7 Å². The smallest absolute Gasteiger partial charge is 0.237 e. The van der Waals surface area contributed by atoms with Gasteiger partial charge in [-0.15, -0.1) is 6.58 Å². The van der Waals surface area contributed by atoms with E-state index < -0.39 is 5.41 Å². The van der Waals surface area contributed by atoms with Crippen LogP contribution in [0.5, 0.6) is 0 Å². The van der Waals surface area contributed by atoms with Gasteiger partial charge in [0.25, 0.3) is 0 Å². The standard InChI is InChI=1S/C9H13NOS2/c1-4-9(2,3)7(11)10-5-6-13-8(10)12/h4H,1,5-6H2,2-3H3. The maximum Gasteiger partial charge on any atom is 0.237 e. The minimum Gasteiger partial charge on any atom is -0.296 e. The van der Waals surface area contributed by atoms with Crippen molar-refractivity contribution < 1.29 is 4.79 Å². The highest BCUT2D eigenvalue weighted by Crippen LogP contribution is 2.26. The third kappa shape index (κ3) is 2.11. The third-order valence-corrected chi connectivity index (χ3v) is 3.50. The fraction of sp³-hybridized carbons (Fsp3) is 0.556. The number of carbonyl (C=O) groups is 1. The van der Waals surface area contributed by atoms with Crippen LogP contribution in [0.4, 0.5) is 0 Å².